The summed E-state index contributed by atoms with van der Waals surface area (Å²) in [7, 11) is 0. The van der Waals surface area contributed by atoms with E-state index in [0.717, 1.165) is 35.2 Å². The maximum absolute atomic E-state index is 12.9. The standard InChI is InChI=1S/C23H25F3N6O2/c1-13-16(2-3-17-18(13)12-34-22(17)33)19-10-32(11-21(28)31-19)9-14(7-27)8-30-15-4-5-29-20(6-15)23(24,25)26/h2-8,19,21,27,31H,9-12,28H2,1H3,(H,29,30)/b14-8+,27-7?/t19-,21+/m0/s1. The van der Waals surface area contributed by atoms with Gasteiger partial charge in [-0.3, -0.25) is 15.2 Å². The largest absolute Gasteiger partial charge is 0.457 e. The molecule has 2 atom stereocenters. The van der Waals surface area contributed by atoms with E-state index in [0.29, 0.717) is 30.8 Å². The molecule has 1 fully saturated rings. The van der Waals surface area contributed by atoms with Crippen molar-refractivity contribution in [2.75, 3.05) is 25.0 Å². The fraction of sp³-hybridized carbons (Fsp3) is 0.348. The molecule has 0 spiro atoms. The van der Waals surface area contributed by atoms with E-state index in [4.69, 9.17) is 15.9 Å². The van der Waals surface area contributed by atoms with E-state index in [1.54, 1.807) is 6.07 Å². The molecule has 180 valence electrons. The lowest BCUT2D eigenvalue weighted by molar-refractivity contribution is -0.141. The zero-order valence-electron chi connectivity index (χ0n) is 18.4. The van der Waals surface area contributed by atoms with E-state index < -0.39 is 11.9 Å². The number of cyclic esters (lactones) is 1. The van der Waals surface area contributed by atoms with E-state index in [1.165, 1.54) is 12.3 Å². The molecule has 1 aromatic carbocycles. The number of nitrogens with one attached hydrogen (secondary N) is 3. The molecule has 2 aliphatic heterocycles. The van der Waals surface area contributed by atoms with Crippen LogP contribution in [0.5, 0.6) is 0 Å². The summed E-state index contributed by atoms with van der Waals surface area (Å²) in [5.74, 6) is -0.315. The van der Waals surface area contributed by atoms with Crippen molar-refractivity contribution in [3.05, 3.63) is 70.2 Å². The molecular formula is C23H25F3N6O2. The molecule has 2 aliphatic rings. The zero-order valence-corrected chi connectivity index (χ0v) is 18.4. The number of nitrogens with zero attached hydrogens (tertiary/aromatic N) is 2. The summed E-state index contributed by atoms with van der Waals surface area (Å²) in [4.78, 5) is 17.3. The highest BCUT2D eigenvalue weighted by molar-refractivity contribution is 5.94. The minimum atomic E-state index is -4.53. The molecule has 0 radical (unpaired) electrons. The molecule has 3 heterocycles. The molecule has 0 saturated carbocycles. The first-order chi connectivity index (χ1) is 16.2. The maximum atomic E-state index is 12.9. The Labute approximate surface area is 194 Å². The van der Waals surface area contributed by atoms with Crippen molar-refractivity contribution >= 4 is 17.9 Å². The van der Waals surface area contributed by atoms with Gasteiger partial charge in [-0.05, 0) is 41.8 Å². The van der Waals surface area contributed by atoms with Gasteiger partial charge in [-0.25, -0.2) is 4.79 Å². The number of anilines is 1. The Morgan fingerprint density at radius 3 is 2.91 bits per heavy atom. The predicted molar refractivity (Wildman–Crippen MR) is 120 cm³/mol. The van der Waals surface area contributed by atoms with E-state index in [9.17, 15) is 18.0 Å². The minimum Gasteiger partial charge on any atom is -0.457 e. The highest BCUT2D eigenvalue weighted by Crippen LogP contribution is 2.31. The van der Waals surface area contributed by atoms with Gasteiger partial charge in [0.05, 0.1) is 11.7 Å². The third-order valence-electron chi connectivity index (χ3n) is 5.96. The van der Waals surface area contributed by atoms with Gasteiger partial charge in [0.15, 0.2) is 0 Å². The van der Waals surface area contributed by atoms with Gasteiger partial charge in [0.2, 0.25) is 0 Å². The lowest BCUT2D eigenvalue weighted by Crippen LogP contribution is -2.56. The van der Waals surface area contributed by atoms with E-state index in [2.05, 4.69) is 20.5 Å². The topological polar surface area (TPSA) is 116 Å². The van der Waals surface area contributed by atoms with Crippen LogP contribution < -0.4 is 16.4 Å². The van der Waals surface area contributed by atoms with Crippen molar-refractivity contribution in [2.45, 2.75) is 31.9 Å². The molecule has 8 nitrogen and oxygen atoms in total. The summed E-state index contributed by atoms with van der Waals surface area (Å²) in [5.41, 5.74) is 9.52. The fourth-order valence-corrected chi connectivity index (χ4v) is 4.28. The van der Waals surface area contributed by atoms with E-state index in [1.807, 2.05) is 13.0 Å². The van der Waals surface area contributed by atoms with Crippen LogP contribution in [0.25, 0.3) is 0 Å². The van der Waals surface area contributed by atoms with Gasteiger partial charge >= 0.3 is 12.1 Å². The number of piperazine rings is 1. The second-order valence-electron chi connectivity index (χ2n) is 8.34. The number of nitrogens with two attached hydrogens (primary N) is 1. The number of carbonyl (C=O) groups is 1. The molecule has 4 rings (SSSR count). The number of rotatable bonds is 6. The van der Waals surface area contributed by atoms with Gasteiger partial charge in [0, 0.05) is 55.5 Å². The predicted octanol–water partition coefficient (Wildman–Crippen LogP) is 2.96. The average Bonchev–Trinajstić information content (AvgIpc) is 3.17. The van der Waals surface area contributed by atoms with Crippen molar-refractivity contribution in [1.82, 2.24) is 15.2 Å². The Kier molecular flexibility index (Phi) is 6.69. The fourth-order valence-electron chi connectivity index (χ4n) is 4.28. The molecule has 0 aliphatic carbocycles. The van der Waals surface area contributed by atoms with Crippen LogP contribution in [0.3, 0.4) is 0 Å². The lowest BCUT2D eigenvalue weighted by Gasteiger charge is -2.38. The Bertz CT molecular complexity index is 1130. The molecule has 11 heteroatoms. The minimum absolute atomic E-state index is 0.0979. The molecule has 34 heavy (non-hydrogen) atoms. The van der Waals surface area contributed by atoms with Gasteiger partial charge in [0.25, 0.3) is 0 Å². The number of carbonyl (C=O) groups excluding carboxylic acids is 1. The number of ether oxygens (including phenoxy) is 1. The third-order valence-corrected chi connectivity index (χ3v) is 5.96. The van der Waals surface area contributed by atoms with Crippen molar-refractivity contribution in [1.29, 1.82) is 5.41 Å². The SMILES string of the molecule is Cc1c([C@@H]2CN(C/C(C=N)=C/Nc3ccnc(C(F)(F)F)c3)C[C@H](N)N2)ccc2c1COC2=O. The van der Waals surface area contributed by atoms with Gasteiger partial charge < -0.3 is 21.2 Å². The van der Waals surface area contributed by atoms with E-state index >= 15 is 0 Å². The Morgan fingerprint density at radius 1 is 1.38 bits per heavy atom. The first-order valence-electron chi connectivity index (χ1n) is 10.7. The summed E-state index contributed by atoms with van der Waals surface area (Å²) >= 11 is 0. The van der Waals surface area contributed by atoms with Crippen LogP contribution in [0.1, 0.15) is 38.8 Å². The second-order valence-corrected chi connectivity index (χ2v) is 8.34. The number of hydrogen-bond donors (Lipinski definition) is 4. The van der Waals surface area contributed by atoms with Gasteiger partial charge in [-0.1, -0.05) is 6.07 Å². The van der Waals surface area contributed by atoms with Crippen LogP contribution in [0.2, 0.25) is 0 Å². The van der Waals surface area contributed by atoms with Crippen LogP contribution in [0.4, 0.5) is 18.9 Å². The Morgan fingerprint density at radius 2 is 2.18 bits per heavy atom. The first kappa shape index (κ1) is 23.9. The van der Waals surface area contributed by atoms with Crippen LogP contribution in [0.15, 0.2) is 42.2 Å². The Hall–Kier alpha value is -3.28. The van der Waals surface area contributed by atoms with Gasteiger partial charge in [-0.15, -0.1) is 0 Å². The summed E-state index contributed by atoms with van der Waals surface area (Å²) in [6.07, 6.45) is -1.11. The van der Waals surface area contributed by atoms with Crippen LogP contribution >= 0.6 is 0 Å². The maximum Gasteiger partial charge on any atom is 0.433 e. The Balaban J connectivity index is 1.47. The number of fused-ring (bicyclic) bond motifs is 1. The zero-order chi connectivity index (χ0) is 24.5. The summed E-state index contributed by atoms with van der Waals surface area (Å²) in [5, 5.41) is 13.9. The number of hydrogen-bond acceptors (Lipinski definition) is 8. The lowest BCUT2D eigenvalue weighted by atomic mass is 9.92. The molecular weight excluding hydrogens is 449 g/mol. The van der Waals surface area contributed by atoms with Crippen molar-refractivity contribution < 1.29 is 22.7 Å². The summed E-state index contributed by atoms with van der Waals surface area (Å²) in [6, 6.07) is 5.93. The number of halogens is 3. The number of esters is 1. The highest BCUT2D eigenvalue weighted by atomic mass is 19.4. The van der Waals surface area contributed by atoms with Crippen LogP contribution in [0, 0.1) is 12.3 Å². The number of benzene rings is 1. The monoisotopic (exact) mass is 474 g/mol. The number of pyridine rings is 1. The van der Waals surface area contributed by atoms with Gasteiger partial charge in [0.1, 0.15) is 12.3 Å². The number of alkyl halides is 3. The molecule has 5 N–H and O–H groups in total. The molecule has 2 aromatic rings. The van der Waals surface area contributed by atoms with Crippen LogP contribution in [-0.2, 0) is 17.5 Å². The average molecular weight is 474 g/mol. The molecule has 1 saturated heterocycles. The summed E-state index contributed by atoms with van der Waals surface area (Å²) in [6.45, 7) is 3.72. The van der Waals surface area contributed by atoms with E-state index in [-0.39, 0.29) is 30.5 Å². The molecule has 1 aromatic heterocycles. The number of aromatic nitrogens is 1. The smallest absolute Gasteiger partial charge is 0.433 e. The van der Waals surface area contributed by atoms with Crippen LogP contribution in [-0.4, -0.2) is 47.9 Å². The second kappa shape index (κ2) is 9.53. The summed E-state index contributed by atoms with van der Waals surface area (Å²) < 4.78 is 43.8. The quantitative estimate of drug-likeness (QED) is 0.376. The highest BCUT2D eigenvalue weighted by Gasteiger charge is 2.33. The third kappa shape index (κ3) is 5.11. The molecule has 0 amide bonds. The molecule has 0 bridgehead atoms. The van der Waals surface area contributed by atoms with Crippen molar-refractivity contribution in [2.24, 2.45) is 5.73 Å². The van der Waals surface area contributed by atoms with Crippen molar-refractivity contribution in [3.8, 4) is 0 Å². The molecule has 0 unspecified atom stereocenters. The first-order valence-corrected chi connectivity index (χ1v) is 10.7. The normalized spacial score (nSPS) is 21.2. The van der Waals surface area contributed by atoms with Crippen molar-refractivity contribution in [3.63, 3.8) is 0 Å². The van der Waals surface area contributed by atoms with Gasteiger partial charge in [-0.2, -0.15) is 13.2 Å².